The predicted molar refractivity (Wildman–Crippen MR) is 86.3 cm³/mol. The molecule has 0 saturated carbocycles. The molecule has 1 fully saturated rings. The minimum atomic E-state index is -0.487. The van der Waals surface area contributed by atoms with Crippen molar-refractivity contribution < 1.29 is 14.0 Å². The van der Waals surface area contributed by atoms with Crippen LogP contribution in [-0.4, -0.2) is 45.6 Å². The highest BCUT2D eigenvalue weighted by atomic mass is 19.1. The first-order valence-electron chi connectivity index (χ1n) is 8.00. The molecule has 0 aliphatic carbocycles. The lowest BCUT2D eigenvalue weighted by atomic mass is 10.1. The Morgan fingerprint density at radius 1 is 1.42 bits per heavy atom. The molecule has 126 valence electrons. The molecule has 0 unspecified atom stereocenters. The number of rotatable bonds is 3. The van der Waals surface area contributed by atoms with Gasteiger partial charge in [-0.3, -0.25) is 9.59 Å². The minimum absolute atomic E-state index is 0.132. The molecule has 1 saturated heterocycles. The number of amides is 2. The Bertz CT molecular complexity index is 759. The van der Waals surface area contributed by atoms with Crippen LogP contribution in [0.4, 0.5) is 4.39 Å². The molecule has 1 atom stereocenters. The highest BCUT2D eigenvalue weighted by Crippen LogP contribution is 2.15. The summed E-state index contributed by atoms with van der Waals surface area (Å²) in [6, 6.07) is 7.08. The van der Waals surface area contributed by atoms with Gasteiger partial charge in [0, 0.05) is 19.3 Å². The normalized spacial score (nSPS) is 18.2. The summed E-state index contributed by atoms with van der Waals surface area (Å²) in [7, 11) is 0. The zero-order valence-corrected chi connectivity index (χ0v) is 13.4. The molecule has 2 heterocycles. The quantitative estimate of drug-likeness (QED) is 0.932. The van der Waals surface area contributed by atoms with Gasteiger partial charge < -0.3 is 10.2 Å². The smallest absolute Gasteiger partial charge is 0.275 e. The highest BCUT2D eigenvalue weighted by Gasteiger charge is 2.31. The fourth-order valence-electron chi connectivity index (χ4n) is 2.87. The van der Waals surface area contributed by atoms with Gasteiger partial charge in [0.05, 0.1) is 5.69 Å². The zero-order valence-electron chi connectivity index (χ0n) is 13.4. The van der Waals surface area contributed by atoms with Crippen LogP contribution in [-0.2, 0) is 4.79 Å². The molecule has 24 heavy (non-hydrogen) atoms. The van der Waals surface area contributed by atoms with Gasteiger partial charge in [0.1, 0.15) is 11.9 Å². The van der Waals surface area contributed by atoms with Gasteiger partial charge in [-0.2, -0.15) is 5.10 Å². The fourth-order valence-corrected chi connectivity index (χ4v) is 2.87. The van der Waals surface area contributed by atoms with Crippen LogP contribution in [0, 0.1) is 5.82 Å². The standard InChI is InChI=1S/C17H19FN4O2/c1-2-15-16(23)19-8-4-9-21(15)17(24)14-7-10-22(20-14)13-6-3-5-12(18)11-13/h3,5-7,10-11,15H,2,4,8-9H2,1H3,(H,19,23)/t15-/m1/s1. The molecule has 6 nitrogen and oxygen atoms in total. The van der Waals surface area contributed by atoms with Gasteiger partial charge in [-0.15, -0.1) is 0 Å². The predicted octanol–water partition coefficient (Wildman–Crippen LogP) is 1.75. The van der Waals surface area contributed by atoms with Gasteiger partial charge in [0.25, 0.3) is 5.91 Å². The van der Waals surface area contributed by atoms with Crippen molar-refractivity contribution in [3.8, 4) is 5.69 Å². The maximum atomic E-state index is 13.3. The molecule has 1 aromatic heterocycles. The number of carbonyl (C=O) groups is 2. The molecule has 0 spiro atoms. The van der Waals surface area contributed by atoms with E-state index in [9.17, 15) is 14.0 Å². The topological polar surface area (TPSA) is 67.2 Å². The van der Waals surface area contributed by atoms with Crippen LogP contribution >= 0.6 is 0 Å². The number of carbonyl (C=O) groups excluding carboxylic acids is 2. The molecule has 1 aliphatic heterocycles. The summed E-state index contributed by atoms with van der Waals surface area (Å²) in [6.07, 6.45) is 2.86. The Morgan fingerprint density at radius 2 is 2.25 bits per heavy atom. The third-order valence-corrected chi connectivity index (χ3v) is 4.08. The van der Waals surface area contributed by atoms with Gasteiger partial charge in [0.2, 0.25) is 5.91 Å². The van der Waals surface area contributed by atoms with E-state index in [2.05, 4.69) is 10.4 Å². The Hall–Kier alpha value is -2.70. The Kier molecular flexibility index (Phi) is 4.59. The van der Waals surface area contributed by atoms with E-state index in [4.69, 9.17) is 0 Å². The first-order valence-corrected chi connectivity index (χ1v) is 8.00. The van der Waals surface area contributed by atoms with E-state index in [-0.39, 0.29) is 23.3 Å². The average Bonchev–Trinajstić information content (AvgIpc) is 2.99. The van der Waals surface area contributed by atoms with Crippen LogP contribution in [0.5, 0.6) is 0 Å². The second-order valence-corrected chi connectivity index (χ2v) is 5.69. The molecule has 7 heteroatoms. The molecule has 1 N–H and O–H groups in total. The van der Waals surface area contributed by atoms with Crippen LogP contribution in [0.15, 0.2) is 36.5 Å². The number of aromatic nitrogens is 2. The lowest BCUT2D eigenvalue weighted by Gasteiger charge is -2.26. The summed E-state index contributed by atoms with van der Waals surface area (Å²) in [5.74, 6) is -0.784. The molecule has 0 bridgehead atoms. The zero-order chi connectivity index (χ0) is 17.1. The maximum absolute atomic E-state index is 13.3. The summed E-state index contributed by atoms with van der Waals surface area (Å²) in [4.78, 5) is 26.4. The minimum Gasteiger partial charge on any atom is -0.354 e. The van der Waals surface area contributed by atoms with Crippen LogP contribution in [0.3, 0.4) is 0 Å². The van der Waals surface area contributed by atoms with Crippen LogP contribution in [0.2, 0.25) is 0 Å². The molecule has 2 aromatic rings. The van der Waals surface area contributed by atoms with Crippen molar-refractivity contribution in [1.82, 2.24) is 20.0 Å². The largest absolute Gasteiger partial charge is 0.354 e. The molecule has 1 aliphatic rings. The number of hydrogen-bond donors (Lipinski definition) is 1. The number of benzene rings is 1. The van der Waals surface area contributed by atoms with E-state index in [1.807, 2.05) is 6.92 Å². The molecule has 1 aromatic carbocycles. The number of nitrogens with zero attached hydrogens (tertiary/aromatic N) is 3. The van der Waals surface area contributed by atoms with Crippen molar-refractivity contribution >= 4 is 11.8 Å². The van der Waals surface area contributed by atoms with Gasteiger partial charge in [-0.05, 0) is 37.1 Å². The van der Waals surface area contributed by atoms with Crippen molar-refractivity contribution in [2.45, 2.75) is 25.8 Å². The van der Waals surface area contributed by atoms with Crippen LogP contribution < -0.4 is 5.32 Å². The van der Waals surface area contributed by atoms with Gasteiger partial charge in [-0.1, -0.05) is 13.0 Å². The second-order valence-electron chi connectivity index (χ2n) is 5.69. The molecular formula is C17H19FN4O2. The first-order chi connectivity index (χ1) is 11.6. The summed E-state index contributed by atoms with van der Waals surface area (Å²) in [5.41, 5.74) is 0.780. The SMILES string of the molecule is CC[C@@H]1C(=O)NCCCN1C(=O)c1ccn(-c2cccc(F)c2)n1. The van der Waals surface area contributed by atoms with Crippen molar-refractivity contribution in [1.29, 1.82) is 0 Å². The average molecular weight is 330 g/mol. The van der Waals surface area contributed by atoms with Crippen LogP contribution in [0.1, 0.15) is 30.3 Å². The van der Waals surface area contributed by atoms with E-state index in [0.29, 0.717) is 31.6 Å². The Labute approximate surface area is 139 Å². The highest BCUT2D eigenvalue weighted by molar-refractivity contribution is 5.96. The van der Waals surface area contributed by atoms with Gasteiger partial charge in [0.15, 0.2) is 5.69 Å². The molecule has 2 amide bonds. The van der Waals surface area contributed by atoms with E-state index < -0.39 is 6.04 Å². The van der Waals surface area contributed by atoms with Gasteiger partial charge >= 0.3 is 0 Å². The van der Waals surface area contributed by atoms with Crippen molar-refractivity contribution in [2.75, 3.05) is 13.1 Å². The lowest BCUT2D eigenvalue weighted by Crippen LogP contribution is -2.46. The summed E-state index contributed by atoms with van der Waals surface area (Å²) in [5, 5.41) is 7.07. The first kappa shape index (κ1) is 16.2. The monoisotopic (exact) mass is 330 g/mol. The molecular weight excluding hydrogens is 311 g/mol. The summed E-state index contributed by atoms with van der Waals surface area (Å²) in [6.45, 7) is 2.95. The van der Waals surface area contributed by atoms with Crippen LogP contribution in [0.25, 0.3) is 5.69 Å². The van der Waals surface area contributed by atoms with Crippen molar-refractivity contribution in [3.05, 3.63) is 48.0 Å². The number of hydrogen-bond acceptors (Lipinski definition) is 3. The lowest BCUT2D eigenvalue weighted by molar-refractivity contribution is -0.124. The van der Waals surface area contributed by atoms with Gasteiger partial charge in [-0.25, -0.2) is 9.07 Å². The van der Waals surface area contributed by atoms with Crippen molar-refractivity contribution in [2.24, 2.45) is 0 Å². The Balaban J connectivity index is 1.86. The van der Waals surface area contributed by atoms with E-state index in [0.717, 1.165) is 0 Å². The van der Waals surface area contributed by atoms with Crippen molar-refractivity contribution in [3.63, 3.8) is 0 Å². The summed E-state index contributed by atoms with van der Waals surface area (Å²) < 4.78 is 14.8. The fraction of sp³-hybridized carbons (Fsp3) is 0.353. The van der Waals surface area contributed by atoms with E-state index >= 15 is 0 Å². The number of nitrogens with one attached hydrogen (secondary N) is 1. The third-order valence-electron chi connectivity index (χ3n) is 4.08. The maximum Gasteiger partial charge on any atom is 0.275 e. The Morgan fingerprint density at radius 3 is 3.00 bits per heavy atom. The van der Waals surface area contributed by atoms with E-state index in [1.54, 1.807) is 29.3 Å². The molecule has 3 rings (SSSR count). The second kappa shape index (κ2) is 6.82. The third kappa shape index (κ3) is 3.15. The van der Waals surface area contributed by atoms with E-state index in [1.165, 1.54) is 16.8 Å². The summed E-state index contributed by atoms with van der Waals surface area (Å²) >= 11 is 0. The molecule has 0 radical (unpaired) electrons. The number of halogens is 1.